The van der Waals surface area contributed by atoms with Crippen molar-refractivity contribution in [3.63, 3.8) is 0 Å². The Morgan fingerprint density at radius 1 is 1.33 bits per heavy atom. The highest BCUT2D eigenvalue weighted by Gasteiger charge is 2.29. The molecule has 0 radical (unpaired) electrons. The molecule has 5 heteroatoms. The molecular weight excluding hydrogens is 232 g/mol. The first-order valence-corrected chi connectivity index (χ1v) is 7.04. The summed E-state index contributed by atoms with van der Waals surface area (Å²) in [6.07, 6.45) is 5.38. The molecule has 3 unspecified atom stereocenters. The number of nitrogens with one attached hydrogen (secondary N) is 2. The van der Waals surface area contributed by atoms with E-state index in [9.17, 15) is 15.0 Å². The van der Waals surface area contributed by atoms with E-state index in [0.29, 0.717) is 25.4 Å². The normalized spacial score (nSPS) is 31.2. The lowest BCUT2D eigenvalue weighted by Crippen LogP contribution is -2.44. The molecule has 2 rings (SSSR count). The summed E-state index contributed by atoms with van der Waals surface area (Å²) in [6.45, 7) is 0.807. The van der Waals surface area contributed by atoms with Crippen molar-refractivity contribution in [2.75, 3.05) is 13.1 Å². The van der Waals surface area contributed by atoms with Crippen molar-refractivity contribution in [2.45, 2.75) is 56.8 Å². The summed E-state index contributed by atoms with van der Waals surface area (Å²) in [7, 11) is 0. The lowest BCUT2D eigenvalue weighted by molar-refractivity contribution is -0.123. The van der Waals surface area contributed by atoms with Gasteiger partial charge in [0.15, 0.2) is 0 Å². The largest absolute Gasteiger partial charge is 0.392 e. The van der Waals surface area contributed by atoms with Gasteiger partial charge in [-0.05, 0) is 25.2 Å². The summed E-state index contributed by atoms with van der Waals surface area (Å²) < 4.78 is 0. The van der Waals surface area contributed by atoms with Gasteiger partial charge in [-0.3, -0.25) is 4.79 Å². The molecule has 2 aliphatic rings. The maximum absolute atomic E-state index is 11.8. The minimum absolute atomic E-state index is 0.110. The van der Waals surface area contributed by atoms with Crippen molar-refractivity contribution >= 4 is 5.91 Å². The molecule has 1 heterocycles. The van der Waals surface area contributed by atoms with Crippen LogP contribution in [0.1, 0.15) is 38.5 Å². The highest BCUT2D eigenvalue weighted by atomic mass is 16.3. The predicted octanol–water partition coefficient (Wildman–Crippen LogP) is -0.233. The molecule has 0 spiro atoms. The summed E-state index contributed by atoms with van der Waals surface area (Å²) in [5.74, 6) is 0.225. The third-order valence-electron chi connectivity index (χ3n) is 4.10. The van der Waals surface area contributed by atoms with E-state index in [0.717, 1.165) is 12.8 Å². The second-order valence-corrected chi connectivity index (χ2v) is 5.56. The van der Waals surface area contributed by atoms with Gasteiger partial charge in [-0.2, -0.15) is 0 Å². The minimum atomic E-state index is -0.430. The fourth-order valence-corrected chi connectivity index (χ4v) is 2.93. The lowest BCUT2D eigenvalue weighted by Gasteiger charge is -2.27. The van der Waals surface area contributed by atoms with Crippen molar-refractivity contribution in [3.8, 4) is 0 Å². The Hall–Kier alpha value is -0.650. The molecule has 5 nitrogen and oxygen atoms in total. The van der Waals surface area contributed by atoms with Crippen LogP contribution in [-0.2, 0) is 4.79 Å². The molecule has 3 atom stereocenters. The van der Waals surface area contributed by atoms with Gasteiger partial charge >= 0.3 is 0 Å². The van der Waals surface area contributed by atoms with E-state index in [1.165, 1.54) is 19.3 Å². The monoisotopic (exact) mass is 256 g/mol. The van der Waals surface area contributed by atoms with Crippen molar-refractivity contribution in [3.05, 3.63) is 0 Å². The fraction of sp³-hybridized carbons (Fsp3) is 0.923. The second-order valence-electron chi connectivity index (χ2n) is 5.56. The highest BCUT2D eigenvalue weighted by Crippen LogP contribution is 2.26. The van der Waals surface area contributed by atoms with E-state index in [4.69, 9.17) is 0 Å². The van der Waals surface area contributed by atoms with Crippen LogP contribution in [0.5, 0.6) is 0 Å². The molecule has 2 fully saturated rings. The van der Waals surface area contributed by atoms with Crippen LogP contribution in [0, 0.1) is 5.92 Å². The van der Waals surface area contributed by atoms with Gasteiger partial charge in [-0.1, -0.05) is 19.3 Å². The molecule has 1 aliphatic carbocycles. The quantitative estimate of drug-likeness (QED) is 0.560. The predicted molar refractivity (Wildman–Crippen MR) is 68.0 cm³/mol. The third kappa shape index (κ3) is 3.67. The molecule has 0 aromatic carbocycles. The molecule has 18 heavy (non-hydrogen) atoms. The van der Waals surface area contributed by atoms with E-state index >= 15 is 0 Å². The number of β-amino-alcohol motifs (C(OH)–C–C–N with tert-alkyl or cyclic N) is 1. The van der Waals surface area contributed by atoms with Gasteiger partial charge in [0, 0.05) is 13.1 Å². The molecule has 4 N–H and O–H groups in total. The molecule has 0 aromatic heterocycles. The zero-order valence-electron chi connectivity index (χ0n) is 10.8. The van der Waals surface area contributed by atoms with Crippen LogP contribution in [0.25, 0.3) is 0 Å². The van der Waals surface area contributed by atoms with Crippen molar-refractivity contribution in [1.29, 1.82) is 0 Å². The summed E-state index contributed by atoms with van der Waals surface area (Å²) in [6, 6.07) is -0.307. The lowest BCUT2D eigenvalue weighted by atomic mass is 9.85. The molecule has 0 aromatic rings. The number of amides is 1. The number of aliphatic hydroxyl groups is 2. The maximum Gasteiger partial charge on any atom is 0.237 e. The van der Waals surface area contributed by atoms with Crippen molar-refractivity contribution in [2.24, 2.45) is 5.92 Å². The molecule has 1 saturated carbocycles. The molecule has 1 saturated heterocycles. The van der Waals surface area contributed by atoms with Crippen LogP contribution < -0.4 is 10.6 Å². The van der Waals surface area contributed by atoms with Gasteiger partial charge in [0.2, 0.25) is 5.91 Å². The Morgan fingerprint density at radius 3 is 2.67 bits per heavy atom. The van der Waals surface area contributed by atoms with Gasteiger partial charge < -0.3 is 20.8 Å². The maximum atomic E-state index is 11.8. The van der Waals surface area contributed by atoms with Crippen LogP contribution >= 0.6 is 0 Å². The minimum Gasteiger partial charge on any atom is -0.392 e. The topological polar surface area (TPSA) is 81.6 Å². The first kappa shape index (κ1) is 13.8. The van der Waals surface area contributed by atoms with Crippen molar-refractivity contribution in [1.82, 2.24) is 10.6 Å². The standard InChI is InChI=1S/C13H24N2O3/c16-10-6-11(14-7-10)13(18)15-8-12(17)9-4-2-1-3-5-9/h9-12,14,16-17H,1-8H2,(H,15,18). The summed E-state index contributed by atoms with van der Waals surface area (Å²) >= 11 is 0. The van der Waals surface area contributed by atoms with E-state index in [-0.39, 0.29) is 11.9 Å². The summed E-state index contributed by atoms with van der Waals surface area (Å²) in [5, 5.41) is 25.1. The number of aliphatic hydroxyl groups excluding tert-OH is 2. The SMILES string of the molecule is O=C(NCC(O)C1CCCCC1)C1CC(O)CN1. The van der Waals surface area contributed by atoms with Gasteiger partial charge in [-0.15, -0.1) is 0 Å². The van der Waals surface area contributed by atoms with Gasteiger partial charge in [0.25, 0.3) is 0 Å². The smallest absolute Gasteiger partial charge is 0.237 e. The zero-order chi connectivity index (χ0) is 13.0. The summed E-state index contributed by atoms with van der Waals surface area (Å²) in [5.41, 5.74) is 0. The average molecular weight is 256 g/mol. The van der Waals surface area contributed by atoms with E-state index in [1.807, 2.05) is 0 Å². The number of carbonyl (C=O) groups is 1. The van der Waals surface area contributed by atoms with Crippen LogP contribution in [0.2, 0.25) is 0 Å². The molecule has 1 aliphatic heterocycles. The number of carbonyl (C=O) groups excluding carboxylic acids is 1. The highest BCUT2D eigenvalue weighted by molar-refractivity contribution is 5.82. The van der Waals surface area contributed by atoms with Crippen LogP contribution in [0.15, 0.2) is 0 Å². The Bertz CT molecular complexity index is 279. The Labute approximate surface area is 108 Å². The number of hydrogen-bond acceptors (Lipinski definition) is 4. The van der Waals surface area contributed by atoms with Crippen LogP contribution in [-0.4, -0.2) is 47.5 Å². The van der Waals surface area contributed by atoms with Crippen LogP contribution in [0.3, 0.4) is 0 Å². The van der Waals surface area contributed by atoms with E-state index in [2.05, 4.69) is 10.6 Å². The Kier molecular flexibility index (Phi) is 4.97. The van der Waals surface area contributed by atoms with E-state index in [1.54, 1.807) is 0 Å². The molecule has 1 amide bonds. The Balaban J connectivity index is 1.68. The van der Waals surface area contributed by atoms with Crippen LogP contribution in [0.4, 0.5) is 0 Å². The second kappa shape index (κ2) is 6.50. The summed E-state index contributed by atoms with van der Waals surface area (Å²) in [4.78, 5) is 11.8. The number of hydrogen-bond donors (Lipinski definition) is 4. The Morgan fingerprint density at radius 2 is 2.06 bits per heavy atom. The molecule has 104 valence electrons. The third-order valence-corrected chi connectivity index (χ3v) is 4.10. The average Bonchev–Trinajstić information content (AvgIpc) is 2.83. The fourth-order valence-electron chi connectivity index (χ4n) is 2.93. The molecular formula is C13H24N2O3. The van der Waals surface area contributed by atoms with E-state index < -0.39 is 12.2 Å². The van der Waals surface area contributed by atoms with Gasteiger partial charge in [0.05, 0.1) is 18.2 Å². The van der Waals surface area contributed by atoms with Crippen molar-refractivity contribution < 1.29 is 15.0 Å². The van der Waals surface area contributed by atoms with Gasteiger partial charge in [-0.25, -0.2) is 0 Å². The molecule has 0 bridgehead atoms. The van der Waals surface area contributed by atoms with Gasteiger partial charge in [0.1, 0.15) is 0 Å². The first-order valence-electron chi connectivity index (χ1n) is 7.04. The zero-order valence-corrected chi connectivity index (χ0v) is 10.8. The number of rotatable bonds is 4. The first-order chi connectivity index (χ1) is 8.66.